The zero-order chi connectivity index (χ0) is 21.3. The van der Waals surface area contributed by atoms with Gasteiger partial charge < -0.3 is 9.30 Å². The lowest BCUT2D eigenvalue weighted by Gasteiger charge is -2.10. The molecule has 0 radical (unpaired) electrons. The average Bonchev–Trinajstić information content (AvgIpc) is 3.35. The number of aromatic nitrogens is 1. The van der Waals surface area contributed by atoms with Crippen molar-refractivity contribution in [2.75, 3.05) is 6.61 Å². The van der Waals surface area contributed by atoms with Crippen LogP contribution < -0.4 is 0 Å². The number of carbonyl (C=O) groups is 1. The van der Waals surface area contributed by atoms with Crippen molar-refractivity contribution in [2.45, 2.75) is 20.3 Å². The first-order chi connectivity index (χ1) is 14.6. The molecule has 0 atom stereocenters. The van der Waals surface area contributed by atoms with Gasteiger partial charge in [0.2, 0.25) is 5.69 Å². The largest absolute Gasteiger partial charge is 0.461 e. The lowest BCUT2D eigenvalue weighted by Crippen LogP contribution is -2.12. The molecule has 5 heteroatoms. The summed E-state index contributed by atoms with van der Waals surface area (Å²) in [6, 6.07) is 16.6. The van der Waals surface area contributed by atoms with Gasteiger partial charge in [0, 0.05) is 28.4 Å². The van der Waals surface area contributed by atoms with Crippen molar-refractivity contribution >= 4 is 33.1 Å². The third-order valence-electron chi connectivity index (χ3n) is 5.38. The van der Waals surface area contributed by atoms with Crippen LogP contribution in [-0.2, 0) is 18.2 Å². The Hall–Kier alpha value is -3.36. The number of ether oxygens (including phenoxy) is 1. The molecule has 0 aliphatic rings. The SMILES string of the molecule is [C-]#[N+]c1c(-c2ccc(-c3cccc4sccc34)cc2)c(C(=O)OCC)n(C)c1CC. The average molecular weight is 415 g/mol. The highest BCUT2D eigenvalue weighted by Crippen LogP contribution is 2.41. The van der Waals surface area contributed by atoms with Crippen LogP contribution in [-0.4, -0.2) is 17.1 Å². The Morgan fingerprint density at radius 3 is 2.50 bits per heavy atom. The molecule has 150 valence electrons. The number of thiophene rings is 1. The van der Waals surface area contributed by atoms with E-state index in [4.69, 9.17) is 11.3 Å². The Balaban J connectivity index is 1.86. The molecule has 0 aliphatic carbocycles. The number of hydrogen-bond acceptors (Lipinski definition) is 3. The first kappa shape index (κ1) is 19.9. The second kappa shape index (κ2) is 8.17. The van der Waals surface area contributed by atoms with Gasteiger partial charge in [0.1, 0.15) is 5.69 Å². The van der Waals surface area contributed by atoms with Gasteiger partial charge in [0.15, 0.2) is 0 Å². The fourth-order valence-electron chi connectivity index (χ4n) is 4.02. The van der Waals surface area contributed by atoms with Crippen molar-refractivity contribution in [1.29, 1.82) is 0 Å². The normalized spacial score (nSPS) is 10.9. The van der Waals surface area contributed by atoms with Gasteiger partial charge in [-0.25, -0.2) is 9.64 Å². The van der Waals surface area contributed by atoms with Crippen molar-refractivity contribution in [3.63, 3.8) is 0 Å². The highest BCUT2D eigenvalue weighted by Gasteiger charge is 2.26. The predicted molar refractivity (Wildman–Crippen MR) is 123 cm³/mol. The molecule has 0 saturated carbocycles. The maximum absolute atomic E-state index is 12.7. The van der Waals surface area contributed by atoms with Crippen molar-refractivity contribution in [3.8, 4) is 22.3 Å². The molecule has 4 nitrogen and oxygen atoms in total. The van der Waals surface area contributed by atoms with Crippen LogP contribution in [0.2, 0.25) is 0 Å². The van der Waals surface area contributed by atoms with Crippen LogP contribution in [0.1, 0.15) is 30.0 Å². The molecule has 0 N–H and O–H groups in total. The van der Waals surface area contributed by atoms with Gasteiger partial charge in [-0.15, -0.1) is 11.3 Å². The highest BCUT2D eigenvalue weighted by atomic mass is 32.1. The van der Waals surface area contributed by atoms with Crippen molar-refractivity contribution < 1.29 is 9.53 Å². The smallest absolute Gasteiger partial charge is 0.354 e. The summed E-state index contributed by atoms with van der Waals surface area (Å²) >= 11 is 1.73. The molecule has 2 aromatic carbocycles. The van der Waals surface area contributed by atoms with E-state index in [0.717, 1.165) is 16.8 Å². The Morgan fingerprint density at radius 2 is 1.83 bits per heavy atom. The number of hydrogen-bond donors (Lipinski definition) is 0. The number of esters is 1. The lowest BCUT2D eigenvalue weighted by molar-refractivity contribution is 0.0516. The van der Waals surface area contributed by atoms with E-state index in [9.17, 15) is 4.79 Å². The van der Waals surface area contributed by atoms with Crippen LogP contribution in [0.25, 0.3) is 37.2 Å². The molecule has 0 amide bonds. The van der Waals surface area contributed by atoms with Crippen LogP contribution >= 0.6 is 11.3 Å². The summed E-state index contributed by atoms with van der Waals surface area (Å²) in [4.78, 5) is 16.5. The van der Waals surface area contributed by atoms with E-state index < -0.39 is 5.97 Å². The van der Waals surface area contributed by atoms with Crippen LogP contribution in [0.4, 0.5) is 5.69 Å². The Labute approximate surface area is 180 Å². The maximum atomic E-state index is 12.7. The van der Waals surface area contributed by atoms with Crippen LogP contribution in [0.5, 0.6) is 0 Å². The monoisotopic (exact) mass is 414 g/mol. The molecule has 0 spiro atoms. The topological polar surface area (TPSA) is 35.6 Å². The zero-order valence-electron chi connectivity index (χ0n) is 17.2. The third kappa shape index (κ3) is 3.20. The second-order valence-corrected chi connectivity index (χ2v) is 7.93. The number of rotatable bonds is 5. The van der Waals surface area contributed by atoms with E-state index in [1.807, 2.05) is 26.1 Å². The number of carbonyl (C=O) groups excluding carboxylic acids is 1. The van der Waals surface area contributed by atoms with Crippen molar-refractivity contribution in [1.82, 2.24) is 4.57 Å². The van der Waals surface area contributed by atoms with Gasteiger partial charge in [-0.3, -0.25) is 0 Å². The minimum Gasteiger partial charge on any atom is -0.461 e. The van der Waals surface area contributed by atoms with Gasteiger partial charge in [0.25, 0.3) is 0 Å². The van der Waals surface area contributed by atoms with Crippen LogP contribution in [0.15, 0.2) is 53.9 Å². The first-order valence-corrected chi connectivity index (χ1v) is 10.8. The number of fused-ring (bicyclic) bond motifs is 1. The fraction of sp³-hybridized carbons (Fsp3) is 0.200. The summed E-state index contributed by atoms with van der Waals surface area (Å²) in [5, 5.41) is 3.34. The first-order valence-electron chi connectivity index (χ1n) is 9.93. The standard InChI is InChI=1S/C25H22N2O2S/c1-5-20-23(26-3)22(24(27(20)4)25(28)29-6-2)17-12-10-16(11-13-17)18-8-7-9-21-19(18)14-15-30-21/h7-15H,5-6H2,1-2,4H3. The molecule has 0 unspecified atom stereocenters. The molecule has 0 aliphatic heterocycles. The van der Waals surface area contributed by atoms with Gasteiger partial charge in [-0.1, -0.05) is 43.3 Å². The van der Waals surface area contributed by atoms with E-state index in [1.165, 1.54) is 15.6 Å². The quantitative estimate of drug-likeness (QED) is 0.264. The van der Waals surface area contributed by atoms with Crippen molar-refractivity contribution in [2.24, 2.45) is 7.05 Å². The van der Waals surface area contributed by atoms with E-state index >= 15 is 0 Å². The summed E-state index contributed by atoms with van der Waals surface area (Å²) in [7, 11) is 1.83. The molecule has 2 aromatic heterocycles. The van der Waals surface area contributed by atoms with Crippen LogP contribution in [0.3, 0.4) is 0 Å². The molecule has 30 heavy (non-hydrogen) atoms. The Bertz CT molecular complexity index is 1270. The summed E-state index contributed by atoms with van der Waals surface area (Å²) < 4.78 is 8.36. The minimum absolute atomic E-state index is 0.293. The highest BCUT2D eigenvalue weighted by molar-refractivity contribution is 7.17. The van der Waals surface area contributed by atoms with E-state index in [1.54, 1.807) is 22.8 Å². The van der Waals surface area contributed by atoms with Gasteiger partial charge in [-0.2, -0.15) is 0 Å². The molecule has 0 bridgehead atoms. The fourth-order valence-corrected chi connectivity index (χ4v) is 4.83. The van der Waals surface area contributed by atoms with Gasteiger partial charge in [-0.05, 0) is 47.5 Å². The summed E-state index contributed by atoms with van der Waals surface area (Å²) in [5.41, 5.74) is 5.59. The van der Waals surface area contributed by atoms with Gasteiger partial charge >= 0.3 is 5.97 Å². The minimum atomic E-state index is -0.397. The van der Waals surface area contributed by atoms with Crippen LogP contribution in [0, 0.1) is 6.57 Å². The van der Waals surface area contributed by atoms with E-state index in [0.29, 0.717) is 30.0 Å². The summed E-state index contributed by atoms with van der Waals surface area (Å²) in [5.74, 6) is -0.397. The Kier molecular flexibility index (Phi) is 5.43. The molecular formula is C25H22N2O2S. The Morgan fingerprint density at radius 1 is 1.10 bits per heavy atom. The zero-order valence-corrected chi connectivity index (χ0v) is 18.0. The van der Waals surface area contributed by atoms with E-state index in [-0.39, 0.29) is 0 Å². The predicted octanol–water partition coefficient (Wildman–Crippen LogP) is 6.86. The third-order valence-corrected chi connectivity index (χ3v) is 6.27. The molecular weight excluding hydrogens is 392 g/mol. The van der Waals surface area contributed by atoms with E-state index in [2.05, 4.69) is 46.6 Å². The molecule has 2 heterocycles. The summed E-state index contributed by atoms with van der Waals surface area (Å²) in [6.45, 7) is 11.8. The molecule has 0 saturated heterocycles. The van der Waals surface area contributed by atoms with Crippen molar-refractivity contribution in [3.05, 3.63) is 76.7 Å². The molecule has 0 fully saturated rings. The number of benzene rings is 2. The molecule has 4 rings (SSSR count). The summed E-state index contributed by atoms with van der Waals surface area (Å²) in [6.07, 6.45) is 0.666. The second-order valence-electron chi connectivity index (χ2n) is 6.98. The number of nitrogens with zero attached hydrogens (tertiary/aromatic N) is 2. The lowest BCUT2D eigenvalue weighted by atomic mass is 9.97. The molecule has 4 aromatic rings. The maximum Gasteiger partial charge on any atom is 0.354 e. The van der Waals surface area contributed by atoms with Gasteiger partial charge in [0.05, 0.1) is 13.2 Å².